The summed E-state index contributed by atoms with van der Waals surface area (Å²) in [5.74, 6) is -0.171. The summed E-state index contributed by atoms with van der Waals surface area (Å²) in [5.41, 5.74) is 6.65. The monoisotopic (exact) mass is 228 g/mol. The van der Waals surface area contributed by atoms with E-state index in [2.05, 4.69) is 5.32 Å². The van der Waals surface area contributed by atoms with Crippen molar-refractivity contribution in [3.63, 3.8) is 0 Å². The average Bonchev–Trinajstić information content (AvgIpc) is 2.07. The Morgan fingerprint density at radius 2 is 2.21 bits per heavy atom. The van der Waals surface area contributed by atoms with Crippen molar-refractivity contribution in [2.75, 3.05) is 5.32 Å². The van der Waals surface area contributed by atoms with E-state index in [1.165, 1.54) is 6.92 Å². The topological polar surface area (TPSA) is 55.1 Å². The van der Waals surface area contributed by atoms with E-state index in [1.54, 1.807) is 18.2 Å². The third kappa shape index (κ3) is 2.68. The molecule has 0 aliphatic rings. The second-order valence-corrected chi connectivity index (χ2v) is 3.59. The predicted molar refractivity (Wildman–Crippen MR) is 61.6 cm³/mol. The molecule has 0 aliphatic carbocycles. The van der Waals surface area contributed by atoms with Crippen molar-refractivity contribution < 1.29 is 4.79 Å². The Kier molecular flexibility index (Phi) is 3.43. The lowest BCUT2D eigenvalue weighted by atomic mass is 10.2. The Labute approximate surface area is 92.2 Å². The van der Waals surface area contributed by atoms with Gasteiger partial charge in [0.2, 0.25) is 5.91 Å². The normalized spacial score (nSPS) is 9.57. The van der Waals surface area contributed by atoms with Crippen LogP contribution in [-0.2, 0) is 4.79 Å². The van der Waals surface area contributed by atoms with Crippen molar-refractivity contribution in [1.29, 1.82) is 0 Å². The Bertz CT molecular complexity index is 392. The van der Waals surface area contributed by atoms with Gasteiger partial charge >= 0.3 is 0 Å². The Hall–Kier alpha value is -1.13. The van der Waals surface area contributed by atoms with Crippen LogP contribution in [0, 0.1) is 0 Å². The summed E-state index contributed by atoms with van der Waals surface area (Å²) in [6.45, 7) is 1.41. The summed E-state index contributed by atoms with van der Waals surface area (Å²) in [4.78, 5) is 11.0. The number of carbonyl (C=O) groups excluding carboxylic acids is 1. The SMILES string of the molecule is CC(=O)Nc1ccc(C(N)=S)cc1Cl. The number of thiocarbonyl (C=S) groups is 1. The molecule has 0 spiro atoms. The van der Waals surface area contributed by atoms with Crippen molar-refractivity contribution >= 4 is 40.4 Å². The van der Waals surface area contributed by atoms with Crippen LogP contribution in [-0.4, -0.2) is 10.9 Å². The molecule has 0 bridgehead atoms. The molecule has 3 N–H and O–H groups in total. The Morgan fingerprint density at radius 3 is 2.64 bits per heavy atom. The molecule has 1 aromatic rings. The number of amides is 1. The van der Waals surface area contributed by atoms with E-state index in [0.29, 0.717) is 16.3 Å². The molecule has 3 nitrogen and oxygen atoms in total. The van der Waals surface area contributed by atoms with Crippen molar-refractivity contribution in [2.24, 2.45) is 5.73 Å². The second-order valence-electron chi connectivity index (χ2n) is 2.74. The van der Waals surface area contributed by atoms with Crippen LogP contribution < -0.4 is 11.1 Å². The van der Waals surface area contributed by atoms with Gasteiger partial charge in [-0.15, -0.1) is 0 Å². The molecule has 0 fully saturated rings. The van der Waals surface area contributed by atoms with E-state index in [4.69, 9.17) is 29.6 Å². The molecular formula is C9H9ClN2OS. The lowest BCUT2D eigenvalue weighted by Gasteiger charge is -2.06. The molecule has 0 aromatic heterocycles. The van der Waals surface area contributed by atoms with Gasteiger partial charge < -0.3 is 11.1 Å². The lowest BCUT2D eigenvalue weighted by molar-refractivity contribution is -0.114. The maximum atomic E-state index is 10.8. The smallest absolute Gasteiger partial charge is 0.221 e. The fraction of sp³-hybridized carbons (Fsp3) is 0.111. The fourth-order valence-electron chi connectivity index (χ4n) is 0.959. The van der Waals surface area contributed by atoms with E-state index in [1.807, 2.05) is 0 Å². The lowest BCUT2D eigenvalue weighted by Crippen LogP contribution is -2.10. The van der Waals surface area contributed by atoms with Crippen LogP contribution in [0.1, 0.15) is 12.5 Å². The number of halogens is 1. The summed E-state index contributed by atoms with van der Waals surface area (Å²) in [6, 6.07) is 4.99. The minimum Gasteiger partial charge on any atom is -0.389 e. The summed E-state index contributed by atoms with van der Waals surface area (Å²) < 4.78 is 0. The average molecular weight is 229 g/mol. The molecule has 0 aliphatic heterocycles. The third-order valence-corrected chi connectivity index (χ3v) is 2.11. The largest absolute Gasteiger partial charge is 0.389 e. The minimum absolute atomic E-state index is 0.171. The fourth-order valence-corrected chi connectivity index (χ4v) is 1.31. The van der Waals surface area contributed by atoms with E-state index in [9.17, 15) is 4.79 Å². The summed E-state index contributed by atoms with van der Waals surface area (Å²) in [7, 11) is 0. The molecule has 14 heavy (non-hydrogen) atoms. The van der Waals surface area contributed by atoms with Gasteiger partial charge in [-0.3, -0.25) is 4.79 Å². The Balaban J connectivity index is 3.01. The third-order valence-electron chi connectivity index (χ3n) is 1.56. The molecule has 1 amide bonds. The standard InChI is InChI=1S/C9H9ClN2OS/c1-5(13)12-8-3-2-6(9(11)14)4-7(8)10/h2-4H,1H3,(H2,11,14)(H,12,13). The van der Waals surface area contributed by atoms with Crippen molar-refractivity contribution in [1.82, 2.24) is 0 Å². The molecule has 1 aromatic carbocycles. The van der Waals surface area contributed by atoms with Gasteiger partial charge in [0.15, 0.2) is 0 Å². The number of anilines is 1. The van der Waals surface area contributed by atoms with Crippen LogP contribution in [0.5, 0.6) is 0 Å². The number of rotatable bonds is 2. The van der Waals surface area contributed by atoms with Crippen molar-refractivity contribution in [3.05, 3.63) is 28.8 Å². The van der Waals surface area contributed by atoms with Crippen molar-refractivity contribution in [2.45, 2.75) is 6.92 Å². The molecule has 0 saturated carbocycles. The predicted octanol–water partition coefficient (Wildman–Crippen LogP) is 1.93. The van der Waals surface area contributed by atoms with E-state index in [0.717, 1.165) is 0 Å². The van der Waals surface area contributed by atoms with Crippen LogP contribution >= 0.6 is 23.8 Å². The van der Waals surface area contributed by atoms with Crippen LogP contribution in [0.4, 0.5) is 5.69 Å². The minimum atomic E-state index is -0.171. The zero-order chi connectivity index (χ0) is 10.7. The van der Waals surface area contributed by atoms with Gasteiger partial charge in [-0.2, -0.15) is 0 Å². The Morgan fingerprint density at radius 1 is 1.57 bits per heavy atom. The molecular weight excluding hydrogens is 220 g/mol. The molecule has 0 saturated heterocycles. The summed E-state index contributed by atoms with van der Waals surface area (Å²) in [6.07, 6.45) is 0. The summed E-state index contributed by atoms with van der Waals surface area (Å²) in [5, 5.41) is 3.01. The first kappa shape index (κ1) is 10.9. The van der Waals surface area contributed by atoms with Crippen LogP contribution in [0.3, 0.4) is 0 Å². The number of hydrogen-bond donors (Lipinski definition) is 2. The van der Waals surface area contributed by atoms with Gasteiger partial charge in [0.1, 0.15) is 4.99 Å². The molecule has 0 radical (unpaired) electrons. The highest BCUT2D eigenvalue weighted by molar-refractivity contribution is 7.80. The van der Waals surface area contributed by atoms with Gasteiger partial charge in [-0.1, -0.05) is 23.8 Å². The van der Waals surface area contributed by atoms with E-state index >= 15 is 0 Å². The molecule has 74 valence electrons. The van der Waals surface area contributed by atoms with E-state index < -0.39 is 0 Å². The first-order valence-electron chi connectivity index (χ1n) is 3.87. The maximum absolute atomic E-state index is 10.8. The summed E-state index contributed by atoms with van der Waals surface area (Å²) >= 11 is 10.7. The number of carbonyl (C=O) groups is 1. The molecule has 1 rings (SSSR count). The zero-order valence-electron chi connectivity index (χ0n) is 7.50. The second kappa shape index (κ2) is 4.39. The van der Waals surface area contributed by atoms with Gasteiger partial charge in [-0.25, -0.2) is 0 Å². The van der Waals surface area contributed by atoms with Gasteiger partial charge in [-0.05, 0) is 18.2 Å². The van der Waals surface area contributed by atoms with Crippen molar-refractivity contribution in [3.8, 4) is 0 Å². The van der Waals surface area contributed by atoms with E-state index in [-0.39, 0.29) is 10.9 Å². The van der Waals surface area contributed by atoms with Gasteiger partial charge in [0, 0.05) is 12.5 Å². The highest BCUT2D eigenvalue weighted by Gasteiger charge is 2.04. The number of nitrogens with one attached hydrogen (secondary N) is 1. The molecule has 0 atom stereocenters. The van der Waals surface area contributed by atoms with Crippen LogP contribution in [0.15, 0.2) is 18.2 Å². The number of hydrogen-bond acceptors (Lipinski definition) is 2. The van der Waals surface area contributed by atoms with Crippen LogP contribution in [0.25, 0.3) is 0 Å². The van der Waals surface area contributed by atoms with Crippen LogP contribution in [0.2, 0.25) is 5.02 Å². The molecule has 0 unspecified atom stereocenters. The number of nitrogens with two attached hydrogens (primary N) is 1. The zero-order valence-corrected chi connectivity index (χ0v) is 9.08. The first-order valence-corrected chi connectivity index (χ1v) is 4.66. The highest BCUT2D eigenvalue weighted by atomic mass is 35.5. The quantitative estimate of drug-likeness (QED) is 0.761. The van der Waals surface area contributed by atoms with Gasteiger partial charge in [0.25, 0.3) is 0 Å². The molecule has 5 heteroatoms. The number of benzene rings is 1. The first-order chi connectivity index (χ1) is 6.50. The molecule has 0 heterocycles. The van der Waals surface area contributed by atoms with Gasteiger partial charge in [0.05, 0.1) is 10.7 Å². The highest BCUT2D eigenvalue weighted by Crippen LogP contribution is 2.22. The maximum Gasteiger partial charge on any atom is 0.221 e.